The molecule has 1 aliphatic heterocycles. The number of amides is 3. The number of rotatable bonds is 11. The number of hydrogen-bond donors (Lipinski definition) is 1. The molecule has 0 aromatic heterocycles. The van der Waals surface area contributed by atoms with Crippen molar-refractivity contribution in [2.75, 3.05) is 44.2 Å². The van der Waals surface area contributed by atoms with Crippen LogP contribution in [0.3, 0.4) is 0 Å². The van der Waals surface area contributed by atoms with E-state index >= 15 is 0 Å². The molecule has 162 valence electrons. The van der Waals surface area contributed by atoms with Crippen molar-refractivity contribution in [3.8, 4) is 0 Å². The topological polar surface area (TPSA) is 55.9 Å². The van der Waals surface area contributed by atoms with Crippen molar-refractivity contribution >= 4 is 17.6 Å². The molecule has 29 heavy (non-hydrogen) atoms. The fourth-order valence-corrected chi connectivity index (χ4v) is 3.74. The van der Waals surface area contributed by atoms with Crippen LogP contribution in [0.15, 0.2) is 24.3 Å². The Morgan fingerprint density at radius 3 is 2.34 bits per heavy atom. The van der Waals surface area contributed by atoms with Crippen molar-refractivity contribution in [2.45, 2.75) is 59.4 Å². The Hall–Kier alpha value is -2.08. The Bertz CT molecular complexity index is 655. The summed E-state index contributed by atoms with van der Waals surface area (Å²) in [6, 6.07) is 8.16. The zero-order chi connectivity index (χ0) is 21.4. The molecule has 1 fully saturated rings. The van der Waals surface area contributed by atoms with Crippen LogP contribution in [0.5, 0.6) is 0 Å². The number of carbonyl (C=O) groups excluding carboxylic acids is 2. The summed E-state index contributed by atoms with van der Waals surface area (Å²) < 4.78 is 0. The number of hydrogen-bond acceptors (Lipinski definition) is 3. The molecule has 1 atom stereocenters. The van der Waals surface area contributed by atoms with Gasteiger partial charge in [0.1, 0.15) is 6.54 Å². The third-order valence-corrected chi connectivity index (χ3v) is 5.71. The first-order valence-corrected chi connectivity index (χ1v) is 11.0. The minimum absolute atomic E-state index is 0.0781. The zero-order valence-corrected chi connectivity index (χ0v) is 18.8. The first kappa shape index (κ1) is 23.2. The van der Waals surface area contributed by atoms with E-state index in [4.69, 9.17) is 0 Å². The van der Waals surface area contributed by atoms with Crippen LogP contribution in [0.4, 0.5) is 10.5 Å². The van der Waals surface area contributed by atoms with E-state index in [1.54, 1.807) is 9.80 Å². The molecule has 0 bridgehead atoms. The highest BCUT2D eigenvalue weighted by atomic mass is 16.2. The number of nitrogens with one attached hydrogen (secondary N) is 1. The average molecular weight is 403 g/mol. The number of carbonyl (C=O) groups is 2. The van der Waals surface area contributed by atoms with E-state index in [1.165, 1.54) is 5.56 Å². The fraction of sp³-hybridized carbons (Fsp3) is 0.652. The van der Waals surface area contributed by atoms with Gasteiger partial charge in [-0.2, -0.15) is 0 Å². The van der Waals surface area contributed by atoms with Gasteiger partial charge < -0.3 is 15.1 Å². The lowest BCUT2D eigenvalue weighted by Crippen LogP contribution is -2.43. The second kappa shape index (κ2) is 11.2. The lowest BCUT2D eigenvalue weighted by atomic mass is 10.0. The van der Waals surface area contributed by atoms with Gasteiger partial charge in [-0.1, -0.05) is 39.8 Å². The Labute approximate surface area is 176 Å². The Balaban J connectivity index is 1.78. The maximum Gasteiger partial charge on any atom is 0.325 e. The molecule has 1 aliphatic rings. The standard InChI is InChI=1S/C23H38N4O2/c1-6-25(7-2)14-8-9-19(5)24-22(28)17-26-15-16-27(23(26)29)21-12-10-20(11-13-21)18(3)4/h10-13,18-19H,6-9,14-17H2,1-5H3,(H,24,28). The normalized spacial score (nSPS) is 15.5. The highest BCUT2D eigenvalue weighted by Gasteiger charge is 2.31. The number of benzene rings is 1. The molecule has 3 amide bonds. The summed E-state index contributed by atoms with van der Waals surface area (Å²) in [5, 5.41) is 3.04. The van der Waals surface area contributed by atoms with Gasteiger partial charge in [-0.3, -0.25) is 9.69 Å². The molecule has 1 heterocycles. The third kappa shape index (κ3) is 6.74. The SMILES string of the molecule is CCN(CC)CCCC(C)NC(=O)CN1CCN(c2ccc(C(C)C)cc2)C1=O. The summed E-state index contributed by atoms with van der Waals surface area (Å²) in [4.78, 5) is 30.9. The van der Waals surface area contributed by atoms with Gasteiger partial charge in [-0.05, 0) is 63.0 Å². The smallest absolute Gasteiger partial charge is 0.325 e. The van der Waals surface area contributed by atoms with Crippen molar-refractivity contribution < 1.29 is 9.59 Å². The highest BCUT2D eigenvalue weighted by Crippen LogP contribution is 2.23. The first-order valence-electron chi connectivity index (χ1n) is 11.0. The quantitative estimate of drug-likeness (QED) is 0.614. The van der Waals surface area contributed by atoms with E-state index < -0.39 is 0 Å². The molecule has 0 aliphatic carbocycles. The van der Waals surface area contributed by atoms with Gasteiger partial charge in [-0.25, -0.2) is 4.79 Å². The van der Waals surface area contributed by atoms with Crippen LogP contribution in [-0.2, 0) is 4.79 Å². The van der Waals surface area contributed by atoms with Crippen LogP contribution in [0, 0.1) is 0 Å². The monoisotopic (exact) mass is 402 g/mol. The number of nitrogens with zero attached hydrogens (tertiary/aromatic N) is 3. The van der Waals surface area contributed by atoms with E-state index in [1.807, 2.05) is 19.1 Å². The Kier molecular flexibility index (Phi) is 8.96. The van der Waals surface area contributed by atoms with Gasteiger partial charge in [0.2, 0.25) is 5.91 Å². The molecule has 6 nitrogen and oxygen atoms in total. The lowest BCUT2D eigenvalue weighted by molar-refractivity contribution is -0.122. The number of urea groups is 1. The molecule has 0 spiro atoms. The van der Waals surface area contributed by atoms with Crippen molar-refractivity contribution in [3.05, 3.63) is 29.8 Å². The molecule has 2 rings (SSSR count). The molecule has 6 heteroatoms. The van der Waals surface area contributed by atoms with Crippen molar-refractivity contribution in [3.63, 3.8) is 0 Å². The van der Waals surface area contributed by atoms with Crippen molar-refractivity contribution in [1.29, 1.82) is 0 Å². The van der Waals surface area contributed by atoms with Crippen LogP contribution < -0.4 is 10.2 Å². The maximum atomic E-state index is 12.7. The van der Waals surface area contributed by atoms with Crippen LogP contribution in [0.25, 0.3) is 0 Å². The van der Waals surface area contributed by atoms with Gasteiger partial charge in [0.25, 0.3) is 0 Å². The summed E-state index contributed by atoms with van der Waals surface area (Å²) in [7, 11) is 0. The summed E-state index contributed by atoms with van der Waals surface area (Å²) in [6.07, 6.45) is 2.01. The van der Waals surface area contributed by atoms with Gasteiger partial charge in [0.15, 0.2) is 0 Å². The summed E-state index contributed by atoms with van der Waals surface area (Å²) in [5.41, 5.74) is 2.15. The van der Waals surface area contributed by atoms with Crippen LogP contribution in [0.2, 0.25) is 0 Å². The third-order valence-electron chi connectivity index (χ3n) is 5.71. The molecule has 1 aromatic carbocycles. The van der Waals surface area contributed by atoms with Crippen LogP contribution in [0.1, 0.15) is 58.9 Å². The van der Waals surface area contributed by atoms with E-state index in [2.05, 4.69) is 50.0 Å². The van der Waals surface area contributed by atoms with Gasteiger partial charge in [0, 0.05) is 24.8 Å². The second-order valence-electron chi connectivity index (χ2n) is 8.24. The molecular weight excluding hydrogens is 364 g/mol. The minimum atomic E-state index is -0.0911. The van der Waals surface area contributed by atoms with Gasteiger partial charge in [-0.15, -0.1) is 0 Å². The number of anilines is 1. The van der Waals surface area contributed by atoms with Gasteiger partial charge in [0.05, 0.1) is 0 Å². The minimum Gasteiger partial charge on any atom is -0.352 e. The fourth-order valence-electron chi connectivity index (χ4n) is 3.74. The average Bonchev–Trinajstić information content (AvgIpc) is 3.05. The van der Waals surface area contributed by atoms with E-state index in [0.29, 0.717) is 19.0 Å². The molecule has 0 saturated carbocycles. The maximum absolute atomic E-state index is 12.7. The predicted octanol–water partition coefficient (Wildman–Crippen LogP) is 3.68. The molecule has 1 unspecified atom stereocenters. The molecule has 1 N–H and O–H groups in total. The second-order valence-corrected chi connectivity index (χ2v) is 8.24. The largest absolute Gasteiger partial charge is 0.352 e. The van der Waals surface area contributed by atoms with Crippen molar-refractivity contribution in [1.82, 2.24) is 15.1 Å². The van der Waals surface area contributed by atoms with E-state index in [9.17, 15) is 9.59 Å². The molecule has 1 aromatic rings. The highest BCUT2D eigenvalue weighted by molar-refractivity contribution is 5.96. The predicted molar refractivity (Wildman–Crippen MR) is 119 cm³/mol. The molecule has 1 saturated heterocycles. The van der Waals surface area contributed by atoms with Gasteiger partial charge >= 0.3 is 6.03 Å². The van der Waals surface area contributed by atoms with Crippen LogP contribution in [-0.4, -0.2) is 67.0 Å². The Morgan fingerprint density at radius 1 is 1.10 bits per heavy atom. The van der Waals surface area contributed by atoms with E-state index in [-0.39, 0.29) is 24.5 Å². The first-order chi connectivity index (χ1) is 13.8. The molecule has 0 radical (unpaired) electrons. The summed E-state index contributed by atoms with van der Waals surface area (Å²) in [5.74, 6) is 0.387. The zero-order valence-electron chi connectivity index (χ0n) is 18.8. The van der Waals surface area contributed by atoms with Crippen LogP contribution >= 0.6 is 0 Å². The Morgan fingerprint density at radius 2 is 1.76 bits per heavy atom. The molecular formula is C23H38N4O2. The summed E-state index contributed by atoms with van der Waals surface area (Å²) >= 11 is 0. The van der Waals surface area contributed by atoms with Crippen molar-refractivity contribution in [2.24, 2.45) is 0 Å². The van der Waals surface area contributed by atoms with E-state index in [0.717, 1.165) is 38.2 Å². The summed E-state index contributed by atoms with van der Waals surface area (Å²) in [6.45, 7) is 15.2. The lowest BCUT2D eigenvalue weighted by Gasteiger charge is -2.21.